The van der Waals surface area contributed by atoms with Gasteiger partial charge < -0.3 is 5.84 Å². The molecular weight excluding hydrogens is 260 g/mol. The number of halogens is 1. The summed E-state index contributed by atoms with van der Waals surface area (Å²) in [4.78, 5) is 5.83. The fourth-order valence-electron chi connectivity index (χ4n) is 1.95. The van der Waals surface area contributed by atoms with Gasteiger partial charge in [0.05, 0.1) is 28.6 Å². The molecule has 3 rings (SSSR count). The van der Waals surface area contributed by atoms with Crippen LogP contribution in [0.4, 0.5) is 0 Å². The summed E-state index contributed by atoms with van der Waals surface area (Å²) in [7, 11) is 0. The highest BCUT2D eigenvalue weighted by molar-refractivity contribution is 6.35. The van der Waals surface area contributed by atoms with E-state index in [-0.39, 0.29) is 0 Å². The zero-order valence-corrected chi connectivity index (χ0v) is 10.8. The second-order valence-electron chi connectivity index (χ2n) is 4.18. The number of benzene rings is 1. The average molecular weight is 271 g/mol. The predicted octanol–water partition coefficient (Wildman–Crippen LogP) is 3.11. The molecule has 0 aliphatic heterocycles. The van der Waals surface area contributed by atoms with Crippen molar-refractivity contribution in [3.8, 4) is 11.3 Å². The number of pyridine rings is 1. The Morgan fingerprint density at radius 3 is 2.84 bits per heavy atom. The van der Waals surface area contributed by atoms with E-state index in [1.54, 1.807) is 18.5 Å². The largest absolute Gasteiger partial charge is 0.323 e. The molecule has 0 saturated carbocycles. The van der Waals surface area contributed by atoms with E-state index in [4.69, 9.17) is 17.4 Å². The first-order valence-corrected chi connectivity index (χ1v) is 6.08. The Kier molecular flexibility index (Phi) is 2.72. The van der Waals surface area contributed by atoms with Crippen molar-refractivity contribution in [2.45, 2.75) is 0 Å². The molecule has 94 valence electrons. The van der Waals surface area contributed by atoms with Crippen LogP contribution in [0.3, 0.4) is 0 Å². The number of rotatable bonds is 2. The molecule has 0 unspecified atom stereocenters. The van der Waals surface area contributed by atoms with Crippen molar-refractivity contribution in [3.05, 3.63) is 53.8 Å². The Morgan fingerprint density at radius 1 is 1.32 bits per heavy atom. The molecule has 0 fully saturated rings. The van der Waals surface area contributed by atoms with Gasteiger partial charge in [0.25, 0.3) is 0 Å². The van der Waals surface area contributed by atoms with Crippen LogP contribution >= 0.6 is 11.6 Å². The number of nitrogen functional groups attached to an aromatic ring is 1. The number of hydrogen-bond acceptors (Lipinski definition) is 3. The van der Waals surface area contributed by atoms with Crippen molar-refractivity contribution in [3.63, 3.8) is 0 Å². The summed E-state index contributed by atoms with van der Waals surface area (Å²) < 4.78 is 0. The molecule has 4 nitrogen and oxygen atoms in total. The minimum atomic E-state index is 0.653. The quantitative estimate of drug-likeness (QED) is 0.728. The highest BCUT2D eigenvalue weighted by atomic mass is 35.5. The van der Waals surface area contributed by atoms with Gasteiger partial charge in [-0.05, 0) is 17.7 Å². The molecule has 0 bridgehead atoms. The average Bonchev–Trinajstić information content (AvgIpc) is 2.84. The summed E-state index contributed by atoms with van der Waals surface area (Å²) in [6.45, 7) is 3.75. The lowest BCUT2D eigenvalue weighted by molar-refractivity contribution is 0.832. The van der Waals surface area contributed by atoms with E-state index >= 15 is 0 Å². The molecular formula is C14H11ClN4. The van der Waals surface area contributed by atoms with Gasteiger partial charge in [0.15, 0.2) is 0 Å². The number of aromatic nitrogens is 3. The van der Waals surface area contributed by atoms with Crippen LogP contribution in [-0.4, -0.2) is 14.9 Å². The van der Waals surface area contributed by atoms with Gasteiger partial charge in [0, 0.05) is 10.9 Å². The van der Waals surface area contributed by atoms with E-state index in [1.165, 1.54) is 4.79 Å². The molecule has 0 saturated heterocycles. The third-order valence-corrected chi connectivity index (χ3v) is 3.23. The van der Waals surface area contributed by atoms with E-state index in [0.29, 0.717) is 5.02 Å². The Labute approximate surface area is 115 Å². The van der Waals surface area contributed by atoms with Crippen LogP contribution in [0, 0.1) is 0 Å². The number of fused-ring (bicyclic) bond motifs is 1. The van der Waals surface area contributed by atoms with Gasteiger partial charge in [-0.15, -0.1) is 0 Å². The van der Waals surface area contributed by atoms with Crippen LogP contribution < -0.4 is 5.84 Å². The van der Waals surface area contributed by atoms with Crippen molar-refractivity contribution in [1.82, 2.24) is 14.9 Å². The number of hydrogen-bond donors (Lipinski definition) is 1. The van der Waals surface area contributed by atoms with Crippen LogP contribution in [0.5, 0.6) is 0 Å². The molecule has 0 aliphatic carbocycles. The molecule has 0 atom stereocenters. The highest BCUT2D eigenvalue weighted by Crippen LogP contribution is 2.28. The van der Waals surface area contributed by atoms with E-state index in [0.717, 1.165) is 27.7 Å². The van der Waals surface area contributed by atoms with E-state index < -0.39 is 0 Å². The Balaban J connectivity index is 2.24. The van der Waals surface area contributed by atoms with Crippen LogP contribution in [0.25, 0.3) is 28.2 Å². The summed E-state index contributed by atoms with van der Waals surface area (Å²) in [6, 6.07) is 7.66. The van der Waals surface area contributed by atoms with Crippen LogP contribution in [0.1, 0.15) is 5.56 Å². The summed E-state index contributed by atoms with van der Waals surface area (Å²) in [5.74, 6) is 5.54. The van der Waals surface area contributed by atoms with Crippen LogP contribution in [0.15, 0.2) is 43.2 Å². The molecule has 5 heteroatoms. The van der Waals surface area contributed by atoms with Crippen molar-refractivity contribution >= 4 is 28.6 Å². The second kappa shape index (κ2) is 4.40. The zero-order chi connectivity index (χ0) is 13.4. The maximum Gasteiger partial charge on any atom is 0.0756 e. The number of nitrogens with zero attached hydrogens (tertiary/aromatic N) is 3. The first-order chi connectivity index (χ1) is 9.17. The molecule has 2 aromatic heterocycles. The Bertz CT molecular complexity index is 776. The fourth-order valence-corrected chi connectivity index (χ4v) is 2.21. The van der Waals surface area contributed by atoms with Crippen molar-refractivity contribution < 1.29 is 0 Å². The molecule has 2 N–H and O–H groups in total. The second-order valence-corrected chi connectivity index (χ2v) is 4.59. The topological polar surface area (TPSA) is 56.7 Å². The highest BCUT2D eigenvalue weighted by Gasteiger charge is 2.08. The SMILES string of the molecule is C=Cc1ccc2c(Cl)cc(-c3cnn(N)c3)nc2c1. The first kappa shape index (κ1) is 11.7. The summed E-state index contributed by atoms with van der Waals surface area (Å²) in [5, 5.41) is 5.50. The van der Waals surface area contributed by atoms with E-state index in [1.807, 2.05) is 24.3 Å². The summed E-state index contributed by atoms with van der Waals surface area (Å²) in [6.07, 6.45) is 5.13. The molecule has 0 spiro atoms. The molecule has 0 radical (unpaired) electrons. The zero-order valence-electron chi connectivity index (χ0n) is 10.0. The monoisotopic (exact) mass is 270 g/mol. The van der Waals surface area contributed by atoms with Gasteiger partial charge in [-0.1, -0.05) is 36.4 Å². The minimum Gasteiger partial charge on any atom is -0.323 e. The van der Waals surface area contributed by atoms with Crippen LogP contribution in [-0.2, 0) is 0 Å². The predicted molar refractivity (Wildman–Crippen MR) is 78.2 cm³/mol. The fraction of sp³-hybridized carbons (Fsp3) is 0. The van der Waals surface area contributed by atoms with Gasteiger partial charge in [-0.2, -0.15) is 9.89 Å². The van der Waals surface area contributed by atoms with Gasteiger partial charge >= 0.3 is 0 Å². The smallest absolute Gasteiger partial charge is 0.0756 e. The molecule has 3 aromatic rings. The van der Waals surface area contributed by atoms with Gasteiger partial charge in [-0.25, -0.2) is 4.98 Å². The third kappa shape index (κ3) is 2.06. The molecule has 1 aromatic carbocycles. The summed E-state index contributed by atoms with van der Waals surface area (Å²) in [5.41, 5.74) is 3.40. The first-order valence-electron chi connectivity index (χ1n) is 5.70. The van der Waals surface area contributed by atoms with Crippen molar-refractivity contribution in [2.75, 3.05) is 5.84 Å². The lowest BCUT2D eigenvalue weighted by Gasteiger charge is -2.04. The molecule has 0 aliphatic rings. The summed E-state index contributed by atoms with van der Waals surface area (Å²) >= 11 is 6.29. The number of nitrogens with two attached hydrogens (primary N) is 1. The van der Waals surface area contributed by atoms with Gasteiger partial charge in [-0.3, -0.25) is 0 Å². The van der Waals surface area contributed by atoms with Gasteiger partial charge in [0.2, 0.25) is 0 Å². The van der Waals surface area contributed by atoms with Crippen molar-refractivity contribution in [2.24, 2.45) is 0 Å². The van der Waals surface area contributed by atoms with Crippen molar-refractivity contribution in [1.29, 1.82) is 0 Å². The maximum absolute atomic E-state index is 6.29. The maximum atomic E-state index is 6.29. The minimum absolute atomic E-state index is 0.653. The van der Waals surface area contributed by atoms with E-state index in [9.17, 15) is 0 Å². The Morgan fingerprint density at radius 2 is 2.16 bits per heavy atom. The molecule has 0 amide bonds. The van der Waals surface area contributed by atoms with Crippen LogP contribution in [0.2, 0.25) is 5.02 Å². The molecule has 19 heavy (non-hydrogen) atoms. The van der Waals surface area contributed by atoms with E-state index in [2.05, 4.69) is 16.7 Å². The van der Waals surface area contributed by atoms with Gasteiger partial charge in [0.1, 0.15) is 0 Å². The lowest BCUT2D eigenvalue weighted by Crippen LogP contribution is -2.07. The third-order valence-electron chi connectivity index (χ3n) is 2.92. The lowest BCUT2D eigenvalue weighted by atomic mass is 10.1. The molecule has 2 heterocycles. The normalized spacial score (nSPS) is 10.8. The Hall–Kier alpha value is -2.33. The standard InChI is InChI=1S/C14H11ClN4/c1-2-9-3-4-11-12(15)6-13(18-14(11)5-9)10-7-17-19(16)8-10/h2-8H,1,16H2.